The van der Waals surface area contributed by atoms with Gasteiger partial charge in [-0.25, -0.2) is 8.42 Å². The van der Waals surface area contributed by atoms with Crippen molar-refractivity contribution in [2.45, 2.75) is 12.8 Å². The Kier molecular flexibility index (Phi) is 2.56. The Morgan fingerprint density at radius 3 is 2.93 bits per heavy atom. The van der Waals surface area contributed by atoms with Gasteiger partial charge in [-0.05, 0) is 24.5 Å². The highest BCUT2D eigenvalue weighted by molar-refractivity contribution is 7.92. The Morgan fingerprint density at radius 1 is 1.40 bits per heavy atom. The van der Waals surface area contributed by atoms with Gasteiger partial charge in [0.2, 0.25) is 10.0 Å². The maximum atomic E-state index is 11.1. The van der Waals surface area contributed by atoms with E-state index >= 15 is 0 Å². The van der Waals surface area contributed by atoms with Gasteiger partial charge in [-0.1, -0.05) is 12.1 Å². The smallest absolute Gasteiger partial charge is 0.229 e. The van der Waals surface area contributed by atoms with Gasteiger partial charge in [0.05, 0.1) is 17.6 Å². The van der Waals surface area contributed by atoms with E-state index in [1.54, 1.807) is 6.07 Å². The molecule has 1 aliphatic rings. The second-order valence-corrected chi connectivity index (χ2v) is 5.49. The summed E-state index contributed by atoms with van der Waals surface area (Å²) in [6.45, 7) is 0.898. The molecule has 1 aromatic carbocycles. The maximum absolute atomic E-state index is 11.1. The van der Waals surface area contributed by atoms with Crippen LogP contribution in [0.4, 0.5) is 11.4 Å². The number of nitrogens with one attached hydrogen (secondary N) is 2. The second-order valence-electron chi connectivity index (χ2n) is 3.74. The lowest BCUT2D eigenvalue weighted by Gasteiger charge is -2.21. The third-order valence-electron chi connectivity index (χ3n) is 2.37. The summed E-state index contributed by atoms with van der Waals surface area (Å²) < 4.78 is 24.8. The highest BCUT2D eigenvalue weighted by Crippen LogP contribution is 2.30. The normalized spacial score (nSPS) is 15.3. The fourth-order valence-corrected chi connectivity index (χ4v) is 2.36. The molecule has 0 spiro atoms. The quantitative estimate of drug-likeness (QED) is 0.801. The third kappa shape index (κ3) is 2.41. The standard InChI is InChI=1S/C10H14N2O2S/c1-15(13,14)12-9-6-2-4-8-5-3-7-11-10(8)9/h2,4,6,11-12H,3,5,7H2,1H3. The second kappa shape index (κ2) is 3.73. The van der Waals surface area contributed by atoms with Gasteiger partial charge in [0.25, 0.3) is 0 Å². The van der Waals surface area contributed by atoms with Crippen LogP contribution in [0.25, 0.3) is 0 Å². The first kappa shape index (κ1) is 10.3. The molecule has 0 radical (unpaired) electrons. The molecular formula is C10H14N2O2S. The van der Waals surface area contributed by atoms with E-state index in [0.29, 0.717) is 5.69 Å². The predicted octanol–water partition coefficient (Wildman–Crippen LogP) is 1.42. The largest absolute Gasteiger partial charge is 0.383 e. The molecule has 1 heterocycles. The Labute approximate surface area is 89.7 Å². The zero-order valence-corrected chi connectivity index (χ0v) is 9.39. The van der Waals surface area contributed by atoms with Gasteiger partial charge < -0.3 is 5.32 Å². The summed E-state index contributed by atoms with van der Waals surface area (Å²) >= 11 is 0. The summed E-state index contributed by atoms with van der Waals surface area (Å²) in [7, 11) is -3.20. The number of anilines is 2. The minimum Gasteiger partial charge on any atom is -0.383 e. The highest BCUT2D eigenvalue weighted by Gasteiger charge is 2.13. The van der Waals surface area contributed by atoms with Crippen LogP contribution in [0.5, 0.6) is 0 Å². The molecule has 2 rings (SSSR count). The minimum atomic E-state index is -3.20. The zero-order chi connectivity index (χ0) is 10.9. The van der Waals surface area contributed by atoms with Gasteiger partial charge in [0.1, 0.15) is 0 Å². The Balaban J connectivity index is 2.39. The molecular weight excluding hydrogens is 212 g/mol. The van der Waals surface area contributed by atoms with Crippen molar-refractivity contribution < 1.29 is 8.42 Å². The van der Waals surface area contributed by atoms with Crippen molar-refractivity contribution in [2.75, 3.05) is 22.8 Å². The first-order valence-corrected chi connectivity index (χ1v) is 6.79. The zero-order valence-electron chi connectivity index (χ0n) is 8.58. The summed E-state index contributed by atoms with van der Waals surface area (Å²) in [6, 6.07) is 5.67. The van der Waals surface area contributed by atoms with Crippen LogP contribution in [0.1, 0.15) is 12.0 Å². The SMILES string of the molecule is CS(=O)(=O)Nc1cccc2c1NCCC2. The maximum Gasteiger partial charge on any atom is 0.229 e. The van der Waals surface area contributed by atoms with E-state index in [1.807, 2.05) is 12.1 Å². The molecule has 0 amide bonds. The van der Waals surface area contributed by atoms with Crippen LogP contribution in [0.3, 0.4) is 0 Å². The molecule has 1 aromatic rings. The minimum absolute atomic E-state index is 0.648. The van der Waals surface area contributed by atoms with E-state index < -0.39 is 10.0 Å². The molecule has 0 bridgehead atoms. The van der Waals surface area contributed by atoms with Crippen LogP contribution >= 0.6 is 0 Å². The van der Waals surface area contributed by atoms with E-state index in [0.717, 1.165) is 31.3 Å². The van der Waals surface area contributed by atoms with Crippen LogP contribution in [0.2, 0.25) is 0 Å². The first-order chi connectivity index (χ1) is 7.06. The molecule has 0 aromatic heterocycles. The van der Waals surface area contributed by atoms with E-state index in [-0.39, 0.29) is 0 Å². The van der Waals surface area contributed by atoms with Gasteiger partial charge in [0, 0.05) is 6.54 Å². The molecule has 1 aliphatic heterocycles. The van der Waals surface area contributed by atoms with E-state index in [9.17, 15) is 8.42 Å². The van der Waals surface area contributed by atoms with E-state index in [4.69, 9.17) is 0 Å². The van der Waals surface area contributed by atoms with Gasteiger partial charge in [-0.15, -0.1) is 0 Å². The number of rotatable bonds is 2. The number of aryl methyl sites for hydroxylation is 1. The summed E-state index contributed by atoms with van der Waals surface area (Å²) in [5.74, 6) is 0. The van der Waals surface area contributed by atoms with Crippen molar-refractivity contribution in [3.05, 3.63) is 23.8 Å². The number of hydrogen-bond donors (Lipinski definition) is 2. The Bertz CT molecular complexity index is 468. The molecule has 0 saturated heterocycles. The molecule has 0 unspecified atom stereocenters. The molecule has 0 saturated carbocycles. The molecule has 2 N–H and O–H groups in total. The molecule has 0 fully saturated rings. The molecule has 0 atom stereocenters. The predicted molar refractivity (Wildman–Crippen MR) is 61.7 cm³/mol. The molecule has 4 nitrogen and oxygen atoms in total. The van der Waals surface area contributed by atoms with Crippen LogP contribution in [0.15, 0.2) is 18.2 Å². The van der Waals surface area contributed by atoms with Gasteiger partial charge >= 0.3 is 0 Å². The summed E-state index contributed by atoms with van der Waals surface area (Å²) in [5, 5.41) is 3.23. The number of para-hydroxylation sites is 1. The lowest BCUT2D eigenvalue weighted by atomic mass is 10.0. The number of hydrogen-bond acceptors (Lipinski definition) is 3. The lowest BCUT2D eigenvalue weighted by Crippen LogP contribution is -2.16. The van der Waals surface area contributed by atoms with Gasteiger partial charge in [-0.3, -0.25) is 4.72 Å². The van der Waals surface area contributed by atoms with Crippen molar-refractivity contribution in [3.63, 3.8) is 0 Å². The van der Waals surface area contributed by atoms with Gasteiger partial charge in [-0.2, -0.15) is 0 Å². The van der Waals surface area contributed by atoms with Crippen molar-refractivity contribution in [2.24, 2.45) is 0 Å². The fraction of sp³-hybridized carbons (Fsp3) is 0.400. The van der Waals surface area contributed by atoms with Crippen molar-refractivity contribution in [3.8, 4) is 0 Å². The van der Waals surface area contributed by atoms with Crippen molar-refractivity contribution in [1.29, 1.82) is 0 Å². The molecule has 0 aliphatic carbocycles. The van der Waals surface area contributed by atoms with Crippen LogP contribution in [-0.4, -0.2) is 21.2 Å². The van der Waals surface area contributed by atoms with Crippen LogP contribution in [0, 0.1) is 0 Å². The topological polar surface area (TPSA) is 58.2 Å². The number of fused-ring (bicyclic) bond motifs is 1. The number of benzene rings is 1. The average molecular weight is 226 g/mol. The fourth-order valence-electron chi connectivity index (χ4n) is 1.79. The van der Waals surface area contributed by atoms with Crippen LogP contribution in [-0.2, 0) is 16.4 Å². The van der Waals surface area contributed by atoms with Crippen LogP contribution < -0.4 is 10.0 Å². The molecule has 82 valence electrons. The summed E-state index contributed by atoms with van der Waals surface area (Å²) in [4.78, 5) is 0. The van der Waals surface area contributed by atoms with E-state index in [2.05, 4.69) is 10.0 Å². The highest BCUT2D eigenvalue weighted by atomic mass is 32.2. The average Bonchev–Trinajstić information content (AvgIpc) is 2.16. The van der Waals surface area contributed by atoms with E-state index in [1.165, 1.54) is 5.56 Å². The Morgan fingerprint density at radius 2 is 2.20 bits per heavy atom. The molecule has 15 heavy (non-hydrogen) atoms. The van der Waals surface area contributed by atoms with Crippen molar-refractivity contribution in [1.82, 2.24) is 0 Å². The summed E-state index contributed by atoms with van der Waals surface area (Å²) in [5.41, 5.74) is 2.75. The van der Waals surface area contributed by atoms with Crippen molar-refractivity contribution >= 4 is 21.4 Å². The monoisotopic (exact) mass is 226 g/mol. The molecule has 5 heteroatoms. The number of sulfonamides is 1. The third-order valence-corrected chi connectivity index (χ3v) is 2.96. The lowest BCUT2D eigenvalue weighted by molar-refractivity contribution is 0.607. The Hall–Kier alpha value is -1.23. The van der Waals surface area contributed by atoms with Gasteiger partial charge in [0.15, 0.2) is 0 Å². The first-order valence-electron chi connectivity index (χ1n) is 4.90. The summed E-state index contributed by atoms with van der Waals surface area (Å²) in [6.07, 6.45) is 3.26.